The smallest absolute Gasteiger partial charge is 0.0374 e. The number of aryl methyl sites for hydroxylation is 2. The van der Waals surface area contributed by atoms with Crippen molar-refractivity contribution in [1.82, 2.24) is 0 Å². The van der Waals surface area contributed by atoms with E-state index in [2.05, 4.69) is 50.1 Å². The van der Waals surface area contributed by atoms with Gasteiger partial charge in [-0.3, -0.25) is 0 Å². The van der Waals surface area contributed by atoms with Gasteiger partial charge in [0.2, 0.25) is 0 Å². The third-order valence-electron chi connectivity index (χ3n) is 2.55. The first kappa shape index (κ1) is 11.6. The Balaban J connectivity index is 2.94. The van der Waals surface area contributed by atoms with Crippen LogP contribution in [0.25, 0.3) is 0 Å². The van der Waals surface area contributed by atoms with Crippen molar-refractivity contribution in [2.45, 2.75) is 13.8 Å². The summed E-state index contributed by atoms with van der Waals surface area (Å²) in [6.07, 6.45) is 3.83. The van der Waals surface area contributed by atoms with E-state index in [1.807, 2.05) is 12.2 Å². The molecule has 0 aliphatic heterocycles. The highest BCUT2D eigenvalue weighted by molar-refractivity contribution is 5.51. The normalized spacial score (nSPS) is 9.73. The fourth-order valence-electron chi connectivity index (χ4n) is 1.52. The molecule has 1 aromatic rings. The van der Waals surface area contributed by atoms with Crippen LogP contribution in [-0.2, 0) is 0 Å². The average molecular weight is 201 g/mol. The summed E-state index contributed by atoms with van der Waals surface area (Å²) in [5.74, 6) is 0. The van der Waals surface area contributed by atoms with E-state index in [0.29, 0.717) is 0 Å². The fraction of sp³-hybridized carbons (Fsp3) is 0.286. The number of benzene rings is 1. The lowest BCUT2D eigenvalue weighted by atomic mass is 10.1. The summed E-state index contributed by atoms with van der Waals surface area (Å²) in [6, 6.07) is 6.52. The topological polar surface area (TPSA) is 3.24 Å². The van der Waals surface area contributed by atoms with Crippen LogP contribution in [0.5, 0.6) is 0 Å². The second-order valence-corrected chi connectivity index (χ2v) is 3.75. The maximum atomic E-state index is 3.77. The number of hydrogen-bond acceptors (Lipinski definition) is 1. The van der Waals surface area contributed by atoms with Crippen molar-refractivity contribution in [1.29, 1.82) is 0 Å². The van der Waals surface area contributed by atoms with E-state index < -0.39 is 0 Å². The molecular weight excluding hydrogens is 182 g/mol. The van der Waals surface area contributed by atoms with Crippen LogP contribution in [0.2, 0.25) is 0 Å². The predicted octanol–water partition coefficient (Wildman–Crippen LogP) is 3.48. The first-order valence-corrected chi connectivity index (χ1v) is 5.23. The first-order chi connectivity index (χ1) is 7.19. The van der Waals surface area contributed by atoms with Crippen molar-refractivity contribution in [2.75, 3.05) is 18.0 Å². The van der Waals surface area contributed by atoms with Gasteiger partial charge >= 0.3 is 0 Å². The molecule has 80 valence electrons. The number of anilines is 1. The Morgan fingerprint density at radius 3 is 2.13 bits per heavy atom. The maximum Gasteiger partial charge on any atom is 0.0374 e. The summed E-state index contributed by atoms with van der Waals surface area (Å²) >= 11 is 0. The zero-order valence-electron chi connectivity index (χ0n) is 9.66. The van der Waals surface area contributed by atoms with Gasteiger partial charge in [-0.05, 0) is 37.1 Å². The molecule has 0 spiro atoms. The highest BCUT2D eigenvalue weighted by atomic mass is 15.1. The quantitative estimate of drug-likeness (QED) is 0.659. The zero-order chi connectivity index (χ0) is 11.3. The van der Waals surface area contributed by atoms with Crippen molar-refractivity contribution in [3.8, 4) is 0 Å². The monoisotopic (exact) mass is 201 g/mol. The molecule has 1 heteroatoms. The van der Waals surface area contributed by atoms with Gasteiger partial charge in [-0.15, -0.1) is 13.2 Å². The van der Waals surface area contributed by atoms with Crippen LogP contribution < -0.4 is 4.90 Å². The van der Waals surface area contributed by atoms with E-state index in [4.69, 9.17) is 0 Å². The van der Waals surface area contributed by atoms with Gasteiger partial charge in [0.15, 0.2) is 0 Å². The molecule has 1 nitrogen and oxygen atoms in total. The molecule has 0 saturated carbocycles. The Morgan fingerprint density at radius 1 is 1.07 bits per heavy atom. The van der Waals surface area contributed by atoms with E-state index in [1.165, 1.54) is 16.8 Å². The number of hydrogen-bond donors (Lipinski definition) is 0. The molecule has 1 rings (SSSR count). The van der Waals surface area contributed by atoms with Crippen LogP contribution >= 0.6 is 0 Å². The predicted molar refractivity (Wildman–Crippen MR) is 68.5 cm³/mol. The van der Waals surface area contributed by atoms with E-state index in [-0.39, 0.29) is 0 Å². The van der Waals surface area contributed by atoms with Gasteiger partial charge in [0.25, 0.3) is 0 Å². The number of rotatable bonds is 5. The minimum atomic E-state index is 0.856. The second-order valence-electron chi connectivity index (χ2n) is 3.75. The van der Waals surface area contributed by atoms with Gasteiger partial charge in [0.05, 0.1) is 0 Å². The zero-order valence-corrected chi connectivity index (χ0v) is 9.66. The first-order valence-electron chi connectivity index (χ1n) is 5.23. The minimum absolute atomic E-state index is 0.856. The third kappa shape index (κ3) is 2.98. The molecule has 0 aliphatic rings. The third-order valence-corrected chi connectivity index (χ3v) is 2.55. The lowest BCUT2D eigenvalue weighted by Gasteiger charge is -2.22. The Kier molecular flexibility index (Phi) is 4.17. The molecule has 0 fully saturated rings. The van der Waals surface area contributed by atoms with Gasteiger partial charge < -0.3 is 4.90 Å². The number of nitrogens with zero attached hydrogens (tertiary/aromatic N) is 1. The summed E-state index contributed by atoms with van der Waals surface area (Å²) in [7, 11) is 0. The molecule has 0 unspecified atom stereocenters. The van der Waals surface area contributed by atoms with Crippen molar-refractivity contribution < 1.29 is 0 Å². The van der Waals surface area contributed by atoms with Crippen LogP contribution in [0.15, 0.2) is 43.5 Å². The highest BCUT2D eigenvalue weighted by Crippen LogP contribution is 2.18. The summed E-state index contributed by atoms with van der Waals surface area (Å²) < 4.78 is 0. The molecule has 0 atom stereocenters. The molecule has 0 N–H and O–H groups in total. The van der Waals surface area contributed by atoms with Gasteiger partial charge in [-0.1, -0.05) is 18.2 Å². The average Bonchev–Trinajstić information content (AvgIpc) is 2.22. The SMILES string of the molecule is C=CCN(CC=C)c1ccc(C)c(C)c1. The van der Waals surface area contributed by atoms with E-state index >= 15 is 0 Å². The maximum absolute atomic E-state index is 3.77. The molecule has 0 radical (unpaired) electrons. The van der Waals surface area contributed by atoms with E-state index in [9.17, 15) is 0 Å². The summed E-state index contributed by atoms with van der Waals surface area (Å²) in [6.45, 7) is 13.5. The second kappa shape index (κ2) is 5.40. The highest BCUT2D eigenvalue weighted by Gasteiger charge is 2.03. The van der Waals surface area contributed by atoms with Gasteiger partial charge in [-0.25, -0.2) is 0 Å². The summed E-state index contributed by atoms with van der Waals surface area (Å²) in [5, 5.41) is 0. The van der Waals surface area contributed by atoms with Crippen LogP contribution in [0.1, 0.15) is 11.1 Å². The van der Waals surface area contributed by atoms with E-state index in [0.717, 1.165) is 13.1 Å². The Labute approximate surface area is 92.7 Å². The van der Waals surface area contributed by atoms with Crippen molar-refractivity contribution in [3.05, 3.63) is 54.6 Å². The van der Waals surface area contributed by atoms with Crippen LogP contribution in [-0.4, -0.2) is 13.1 Å². The molecule has 1 aromatic carbocycles. The van der Waals surface area contributed by atoms with E-state index in [1.54, 1.807) is 0 Å². The van der Waals surface area contributed by atoms with Crippen molar-refractivity contribution in [3.63, 3.8) is 0 Å². The van der Waals surface area contributed by atoms with Crippen molar-refractivity contribution >= 4 is 5.69 Å². The lowest BCUT2D eigenvalue weighted by Crippen LogP contribution is -2.23. The Morgan fingerprint density at radius 2 is 1.67 bits per heavy atom. The molecule has 0 aliphatic carbocycles. The molecule has 0 aromatic heterocycles. The Hall–Kier alpha value is -1.50. The van der Waals surface area contributed by atoms with Crippen LogP contribution in [0.3, 0.4) is 0 Å². The largest absolute Gasteiger partial charge is 0.364 e. The molecular formula is C14H19N. The standard InChI is InChI=1S/C14H19N/c1-5-9-15(10-6-2)14-8-7-12(3)13(4)11-14/h5-8,11H,1-2,9-10H2,3-4H3. The van der Waals surface area contributed by atoms with Crippen LogP contribution in [0, 0.1) is 13.8 Å². The summed E-state index contributed by atoms with van der Waals surface area (Å²) in [4.78, 5) is 2.24. The van der Waals surface area contributed by atoms with Crippen LogP contribution in [0.4, 0.5) is 5.69 Å². The van der Waals surface area contributed by atoms with Crippen molar-refractivity contribution in [2.24, 2.45) is 0 Å². The minimum Gasteiger partial charge on any atom is -0.364 e. The molecule has 0 saturated heterocycles. The van der Waals surface area contributed by atoms with Gasteiger partial charge in [0, 0.05) is 18.8 Å². The molecule has 0 bridgehead atoms. The molecule has 0 amide bonds. The van der Waals surface area contributed by atoms with Gasteiger partial charge in [0.1, 0.15) is 0 Å². The van der Waals surface area contributed by atoms with Gasteiger partial charge in [-0.2, -0.15) is 0 Å². The lowest BCUT2D eigenvalue weighted by molar-refractivity contribution is 0.954. The molecule has 15 heavy (non-hydrogen) atoms. The fourth-order valence-corrected chi connectivity index (χ4v) is 1.52. The summed E-state index contributed by atoms with van der Waals surface area (Å²) in [5.41, 5.74) is 3.89. The Bertz CT molecular complexity index is 342. The molecule has 0 heterocycles.